The molecule has 0 spiro atoms. The number of nitrogens with zero attached hydrogens (tertiary/aromatic N) is 2. The lowest BCUT2D eigenvalue weighted by atomic mass is 9.99. The zero-order valence-electron chi connectivity index (χ0n) is 14.9. The number of carbonyl (C=O) groups is 1. The fourth-order valence-electron chi connectivity index (χ4n) is 3.29. The van der Waals surface area contributed by atoms with Crippen molar-refractivity contribution >= 4 is 5.91 Å². The Bertz CT molecular complexity index is 731. The first-order valence-corrected chi connectivity index (χ1v) is 9.08. The number of amides is 1. The van der Waals surface area contributed by atoms with Crippen LogP contribution in [0.3, 0.4) is 0 Å². The number of aromatic nitrogens is 2. The van der Waals surface area contributed by atoms with Gasteiger partial charge in [-0.15, -0.1) is 0 Å². The van der Waals surface area contributed by atoms with E-state index in [9.17, 15) is 4.79 Å². The van der Waals surface area contributed by atoms with Gasteiger partial charge in [0.05, 0.1) is 12.3 Å². The fourth-order valence-corrected chi connectivity index (χ4v) is 3.29. The van der Waals surface area contributed by atoms with E-state index < -0.39 is 0 Å². The first kappa shape index (κ1) is 17.4. The first-order valence-electron chi connectivity index (χ1n) is 9.08. The molecule has 0 aliphatic heterocycles. The molecule has 0 fully saturated rings. The maximum Gasteiger partial charge on any atom is 0.223 e. The Morgan fingerprint density at radius 1 is 1.16 bits per heavy atom. The normalized spacial score (nSPS) is 16.6. The molecule has 0 bridgehead atoms. The lowest BCUT2D eigenvalue weighted by Crippen LogP contribution is -2.30. The molecule has 1 amide bonds. The Morgan fingerprint density at radius 3 is 2.64 bits per heavy atom. The highest BCUT2D eigenvalue weighted by Gasteiger charge is 2.26. The van der Waals surface area contributed by atoms with Crippen LogP contribution < -0.4 is 10.1 Å². The van der Waals surface area contributed by atoms with E-state index in [2.05, 4.69) is 10.3 Å². The smallest absolute Gasteiger partial charge is 0.223 e. The van der Waals surface area contributed by atoms with E-state index in [0.717, 1.165) is 42.5 Å². The van der Waals surface area contributed by atoms with Crippen LogP contribution >= 0.6 is 0 Å². The molecule has 0 saturated heterocycles. The number of carbonyl (C=O) groups excluding carboxylic acids is 1. The summed E-state index contributed by atoms with van der Waals surface area (Å²) in [6, 6.07) is 9.95. The zero-order valence-corrected chi connectivity index (χ0v) is 14.9. The van der Waals surface area contributed by atoms with Crippen LogP contribution in [0.2, 0.25) is 0 Å². The third-order valence-corrected chi connectivity index (χ3v) is 4.56. The Hall–Kier alpha value is -2.43. The van der Waals surface area contributed by atoms with Gasteiger partial charge in [0.15, 0.2) is 5.82 Å². The molecule has 25 heavy (non-hydrogen) atoms. The first-order chi connectivity index (χ1) is 12.2. The minimum Gasteiger partial charge on any atom is -0.478 e. The fraction of sp³-hybridized carbons (Fsp3) is 0.450. The summed E-state index contributed by atoms with van der Waals surface area (Å²) in [4.78, 5) is 21.7. The van der Waals surface area contributed by atoms with Gasteiger partial charge in [-0.25, -0.2) is 4.98 Å². The molecule has 1 unspecified atom stereocenters. The van der Waals surface area contributed by atoms with E-state index in [-0.39, 0.29) is 11.8 Å². The summed E-state index contributed by atoms with van der Waals surface area (Å²) in [7, 11) is 0. The SMILES string of the molecule is CCNC(=O)C1CCc2nc(-c3ccccc3)nc(OCC)c2CC1. The Balaban J connectivity index is 1.93. The molecule has 1 aliphatic carbocycles. The lowest BCUT2D eigenvalue weighted by Gasteiger charge is -2.13. The Labute approximate surface area is 148 Å². The number of hydrogen-bond donors (Lipinski definition) is 1. The molecule has 5 nitrogen and oxygen atoms in total. The number of benzene rings is 1. The van der Waals surface area contributed by atoms with Crippen molar-refractivity contribution in [1.29, 1.82) is 0 Å². The summed E-state index contributed by atoms with van der Waals surface area (Å²) in [6.45, 7) is 5.15. The third-order valence-electron chi connectivity index (χ3n) is 4.56. The Kier molecular flexibility index (Phi) is 5.64. The summed E-state index contributed by atoms with van der Waals surface area (Å²) in [5.41, 5.74) is 3.06. The highest BCUT2D eigenvalue weighted by atomic mass is 16.5. The molecule has 0 radical (unpaired) electrons. The third kappa shape index (κ3) is 3.98. The number of hydrogen-bond acceptors (Lipinski definition) is 4. The second kappa shape index (κ2) is 8.10. The van der Waals surface area contributed by atoms with Crippen molar-refractivity contribution < 1.29 is 9.53 Å². The van der Waals surface area contributed by atoms with E-state index in [1.807, 2.05) is 44.2 Å². The van der Waals surface area contributed by atoms with Gasteiger partial charge in [0, 0.05) is 23.6 Å². The van der Waals surface area contributed by atoms with Crippen LogP contribution in [0.15, 0.2) is 30.3 Å². The second-order valence-corrected chi connectivity index (χ2v) is 6.25. The molecule has 132 valence electrons. The molecular weight excluding hydrogens is 314 g/mol. The average Bonchev–Trinajstić information content (AvgIpc) is 2.86. The molecule has 1 N–H and O–H groups in total. The average molecular weight is 339 g/mol. The van der Waals surface area contributed by atoms with E-state index in [1.54, 1.807) is 0 Å². The van der Waals surface area contributed by atoms with Crippen molar-refractivity contribution in [3.8, 4) is 17.3 Å². The van der Waals surface area contributed by atoms with Gasteiger partial charge >= 0.3 is 0 Å². The number of rotatable bonds is 5. The van der Waals surface area contributed by atoms with Crippen LogP contribution in [-0.2, 0) is 17.6 Å². The summed E-state index contributed by atoms with van der Waals surface area (Å²) in [5.74, 6) is 1.54. The molecule has 5 heteroatoms. The quantitative estimate of drug-likeness (QED) is 0.850. The van der Waals surface area contributed by atoms with Crippen molar-refractivity contribution in [2.75, 3.05) is 13.2 Å². The molecule has 3 rings (SSSR count). The molecule has 1 aromatic carbocycles. The van der Waals surface area contributed by atoms with Crippen molar-refractivity contribution in [3.05, 3.63) is 41.6 Å². The standard InChI is InChI=1S/C20H25N3O2/c1-3-21-19(24)15-10-12-16-17(13-11-15)22-18(23-20(16)25-4-2)14-8-6-5-7-9-14/h5-9,15H,3-4,10-13H2,1-2H3,(H,21,24). The lowest BCUT2D eigenvalue weighted by molar-refractivity contribution is -0.125. The summed E-state index contributed by atoms with van der Waals surface area (Å²) in [5, 5.41) is 2.94. The molecule has 0 saturated carbocycles. The summed E-state index contributed by atoms with van der Waals surface area (Å²) >= 11 is 0. The topological polar surface area (TPSA) is 64.1 Å². The largest absolute Gasteiger partial charge is 0.478 e. The van der Waals surface area contributed by atoms with Gasteiger partial charge in [0.2, 0.25) is 11.8 Å². The van der Waals surface area contributed by atoms with Crippen LogP contribution in [-0.4, -0.2) is 29.0 Å². The highest BCUT2D eigenvalue weighted by molar-refractivity contribution is 5.78. The second-order valence-electron chi connectivity index (χ2n) is 6.25. The van der Waals surface area contributed by atoms with Gasteiger partial charge in [-0.3, -0.25) is 4.79 Å². The molecule has 1 atom stereocenters. The zero-order chi connectivity index (χ0) is 17.6. The monoisotopic (exact) mass is 339 g/mol. The molecule has 1 heterocycles. The molecular formula is C20H25N3O2. The van der Waals surface area contributed by atoms with Crippen LogP contribution in [0.1, 0.15) is 37.9 Å². The van der Waals surface area contributed by atoms with Crippen molar-refractivity contribution in [1.82, 2.24) is 15.3 Å². The summed E-state index contributed by atoms with van der Waals surface area (Å²) < 4.78 is 5.81. The van der Waals surface area contributed by atoms with Crippen LogP contribution in [0.5, 0.6) is 5.88 Å². The molecule has 1 aromatic heterocycles. The number of aryl methyl sites for hydroxylation is 1. The van der Waals surface area contributed by atoms with Crippen molar-refractivity contribution in [3.63, 3.8) is 0 Å². The van der Waals surface area contributed by atoms with Gasteiger partial charge in [-0.1, -0.05) is 30.3 Å². The van der Waals surface area contributed by atoms with Gasteiger partial charge in [-0.05, 0) is 39.5 Å². The van der Waals surface area contributed by atoms with Gasteiger partial charge in [-0.2, -0.15) is 4.98 Å². The molecule has 2 aromatic rings. The van der Waals surface area contributed by atoms with Crippen LogP contribution in [0.4, 0.5) is 0 Å². The van der Waals surface area contributed by atoms with Crippen LogP contribution in [0.25, 0.3) is 11.4 Å². The highest BCUT2D eigenvalue weighted by Crippen LogP contribution is 2.31. The minimum atomic E-state index is 0.0313. The van der Waals surface area contributed by atoms with Gasteiger partial charge < -0.3 is 10.1 Å². The van der Waals surface area contributed by atoms with E-state index in [4.69, 9.17) is 9.72 Å². The maximum absolute atomic E-state index is 12.2. The summed E-state index contributed by atoms with van der Waals surface area (Å²) in [6.07, 6.45) is 3.18. The van der Waals surface area contributed by atoms with E-state index in [0.29, 0.717) is 24.9 Å². The number of fused-ring (bicyclic) bond motifs is 1. The van der Waals surface area contributed by atoms with Crippen molar-refractivity contribution in [2.24, 2.45) is 5.92 Å². The van der Waals surface area contributed by atoms with Gasteiger partial charge in [0.25, 0.3) is 0 Å². The minimum absolute atomic E-state index is 0.0313. The van der Waals surface area contributed by atoms with E-state index >= 15 is 0 Å². The maximum atomic E-state index is 12.2. The number of ether oxygens (including phenoxy) is 1. The predicted molar refractivity (Wildman–Crippen MR) is 97.5 cm³/mol. The van der Waals surface area contributed by atoms with Gasteiger partial charge in [0.1, 0.15) is 0 Å². The van der Waals surface area contributed by atoms with E-state index in [1.165, 1.54) is 0 Å². The predicted octanol–water partition coefficient (Wildman–Crippen LogP) is 3.17. The Morgan fingerprint density at radius 2 is 1.92 bits per heavy atom. The molecule has 1 aliphatic rings. The number of nitrogens with one attached hydrogen (secondary N) is 1. The van der Waals surface area contributed by atoms with Crippen LogP contribution in [0, 0.1) is 5.92 Å². The van der Waals surface area contributed by atoms with Crippen molar-refractivity contribution in [2.45, 2.75) is 39.5 Å².